The molecule has 0 aliphatic heterocycles. The van der Waals surface area contributed by atoms with Crippen LogP contribution in [-0.4, -0.2) is 15.0 Å². The van der Waals surface area contributed by atoms with Crippen molar-refractivity contribution >= 4 is 11.6 Å². The third-order valence-corrected chi connectivity index (χ3v) is 2.58. The number of hydrazine groups is 1. The normalized spacial score (nSPS) is 12.2. The monoisotopic (exact) mass is 248 g/mol. The maximum atomic E-state index is 5.46. The Morgan fingerprint density at radius 1 is 1.22 bits per heavy atom. The van der Waals surface area contributed by atoms with Gasteiger partial charge in [-0.25, -0.2) is 20.8 Å². The molecule has 0 saturated carbocycles. The highest BCUT2D eigenvalue weighted by Gasteiger charge is 2.14. The molecule has 0 aliphatic rings. The summed E-state index contributed by atoms with van der Waals surface area (Å²) in [5, 5.41) is 3.21. The number of nitrogen functional groups attached to an aromatic ring is 1. The number of nitrogens with two attached hydrogens (primary N) is 1. The van der Waals surface area contributed by atoms with E-state index >= 15 is 0 Å². The van der Waals surface area contributed by atoms with Crippen LogP contribution in [0.3, 0.4) is 0 Å². The number of oxazole rings is 1. The Bertz CT molecular complexity index is 538. The molecule has 0 fully saturated rings. The van der Waals surface area contributed by atoms with Gasteiger partial charge in [0.2, 0.25) is 5.89 Å². The maximum absolute atomic E-state index is 5.46. The molecular formula is C11H16N6O. The molecule has 1 unspecified atom stereocenters. The summed E-state index contributed by atoms with van der Waals surface area (Å²) < 4.78 is 5.46. The van der Waals surface area contributed by atoms with E-state index in [0.29, 0.717) is 17.5 Å². The first-order valence-electron chi connectivity index (χ1n) is 5.59. The minimum Gasteiger partial charge on any atom is -0.444 e. The van der Waals surface area contributed by atoms with E-state index in [1.165, 1.54) is 6.33 Å². The van der Waals surface area contributed by atoms with E-state index in [4.69, 9.17) is 10.3 Å². The van der Waals surface area contributed by atoms with Gasteiger partial charge >= 0.3 is 0 Å². The Morgan fingerprint density at radius 2 is 1.94 bits per heavy atom. The van der Waals surface area contributed by atoms with E-state index in [0.717, 1.165) is 11.3 Å². The zero-order valence-corrected chi connectivity index (χ0v) is 10.6. The van der Waals surface area contributed by atoms with Crippen molar-refractivity contribution in [2.24, 2.45) is 5.84 Å². The van der Waals surface area contributed by atoms with Crippen LogP contribution >= 0.6 is 0 Å². The van der Waals surface area contributed by atoms with Crippen LogP contribution in [0.5, 0.6) is 0 Å². The summed E-state index contributed by atoms with van der Waals surface area (Å²) in [4.78, 5) is 12.4. The van der Waals surface area contributed by atoms with E-state index in [-0.39, 0.29) is 6.04 Å². The minimum atomic E-state index is -0.0853. The van der Waals surface area contributed by atoms with Crippen LogP contribution in [0.15, 0.2) is 16.9 Å². The third-order valence-electron chi connectivity index (χ3n) is 2.58. The molecule has 0 radical (unpaired) electrons. The lowest BCUT2D eigenvalue weighted by atomic mass is 10.2. The minimum absolute atomic E-state index is 0.0853. The van der Waals surface area contributed by atoms with Crippen molar-refractivity contribution in [1.82, 2.24) is 15.0 Å². The van der Waals surface area contributed by atoms with E-state index in [1.807, 2.05) is 20.8 Å². The summed E-state index contributed by atoms with van der Waals surface area (Å²) in [6.07, 6.45) is 3.13. The second-order valence-electron chi connectivity index (χ2n) is 4.02. The van der Waals surface area contributed by atoms with E-state index < -0.39 is 0 Å². The second kappa shape index (κ2) is 5.01. The highest BCUT2D eigenvalue weighted by Crippen LogP contribution is 2.22. The lowest BCUT2D eigenvalue weighted by molar-refractivity contribution is 0.453. The third kappa shape index (κ3) is 2.40. The highest BCUT2D eigenvalue weighted by atomic mass is 16.4. The molecule has 7 nitrogen and oxygen atoms in total. The summed E-state index contributed by atoms with van der Waals surface area (Å²) in [6, 6.07) is -0.0853. The van der Waals surface area contributed by atoms with Crippen LogP contribution in [0.1, 0.15) is 30.2 Å². The average molecular weight is 248 g/mol. The Labute approximate surface area is 105 Å². The molecule has 0 amide bonds. The molecule has 2 aromatic heterocycles. The van der Waals surface area contributed by atoms with Crippen molar-refractivity contribution in [3.05, 3.63) is 29.7 Å². The van der Waals surface area contributed by atoms with Crippen LogP contribution < -0.4 is 16.6 Å². The molecule has 0 aliphatic carbocycles. The van der Waals surface area contributed by atoms with E-state index in [1.54, 1.807) is 6.20 Å². The molecule has 2 heterocycles. The molecule has 0 saturated heterocycles. The van der Waals surface area contributed by atoms with E-state index in [9.17, 15) is 0 Å². The van der Waals surface area contributed by atoms with Crippen LogP contribution in [0, 0.1) is 13.8 Å². The van der Waals surface area contributed by atoms with Crippen molar-refractivity contribution in [2.75, 3.05) is 10.7 Å². The Morgan fingerprint density at radius 3 is 2.56 bits per heavy atom. The van der Waals surface area contributed by atoms with E-state index in [2.05, 4.69) is 25.7 Å². The highest BCUT2D eigenvalue weighted by molar-refractivity contribution is 5.56. The first kappa shape index (κ1) is 12.3. The quantitative estimate of drug-likeness (QED) is 0.557. The number of hydrogen-bond donors (Lipinski definition) is 3. The Kier molecular flexibility index (Phi) is 3.42. The molecule has 1 atom stereocenters. The van der Waals surface area contributed by atoms with Crippen molar-refractivity contribution in [3.63, 3.8) is 0 Å². The zero-order chi connectivity index (χ0) is 13.1. The molecule has 4 N–H and O–H groups in total. The van der Waals surface area contributed by atoms with Gasteiger partial charge in [0, 0.05) is 5.56 Å². The number of hydrogen-bond acceptors (Lipinski definition) is 7. The van der Waals surface area contributed by atoms with Gasteiger partial charge in [0.25, 0.3) is 0 Å². The fourth-order valence-electron chi connectivity index (χ4n) is 1.58. The number of rotatable bonds is 4. The largest absolute Gasteiger partial charge is 0.444 e. The Balaban J connectivity index is 2.19. The van der Waals surface area contributed by atoms with Gasteiger partial charge in [-0.15, -0.1) is 0 Å². The van der Waals surface area contributed by atoms with Crippen LogP contribution in [-0.2, 0) is 0 Å². The molecule has 0 bridgehead atoms. The number of aryl methyl sites for hydroxylation is 1. The molecule has 18 heavy (non-hydrogen) atoms. The molecule has 2 rings (SSSR count). The first-order chi connectivity index (χ1) is 8.61. The number of aromatic nitrogens is 3. The standard InChI is InChI=1S/C11H16N6O/c1-6-4-13-11(18-6)8(3)16-9-7(2)10(17-12)15-5-14-9/h4-5,8H,12H2,1-3H3,(H2,14,15,16,17). The average Bonchev–Trinajstić information content (AvgIpc) is 2.78. The van der Waals surface area contributed by atoms with Gasteiger partial charge in [0.05, 0.1) is 6.20 Å². The van der Waals surface area contributed by atoms with Gasteiger partial charge in [-0.3, -0.25) is 0 Å². The molecule has 96 valence electrons. The zero-order valence-electron chi connectivity index (χ0n) is 10.6. The van der Waals surface area contributed by atoms with Crippen molar-refractivity contribution in [1.29, 1.82) is 0 Å². The van der Waals surface area contributed by atoms with Crippen molar-refractivity contribution < 1.29 is 4.42 Å². The van der Waals surface area contributed by atoms with Gasteiger partial charge in [-0.1, -0.05) is 0 Å². The summed E-state index contributed by atoms with van der Waals surface area (Å²) in [5.41, 5.74) is 3.37. The van der Waals surface area contributed by atoms with Gasteiger partial charge in [0.1, 0.15) is 29.8 Å². The SMILES string of the molecule is Cc1cnc(C(C)Nc2ncnc(NN)c2C)o1. The van der Waals surface area contributed by atoms with Gasteiger partial charge in [0.15, 0.2) is 0 Å². The fourth-order valence-corrected chi connectivity index (χ4v) is 1.58. The van der Waals surface area contributed by atoms with Crippen LogP contribution in [0.2, 0.25) is 0 Å². The lowest BCUT2D eigenvalue weighted by Crippen LogP contribution is -2.14. The summed E-state index contributed by atoms with van der Waals surface area (Å²) in [7, 11) is 0. The molecule has 7 heteroatoms. The van der Waals surface area contributed by atoms with Crippen molar-refractivity contribution in [2.45, 2.75) is 26.8 Å². The number of nitrogens with zero attached hydrogens (tertiary/aromatic N) is 3. The topological polar surface area (TPSA) is 102 Å². The van der Waals surface area contributed by atoms with Crippen LogP contribution in [0.4, 0.5) is 11.6 Å². The second-order valence-corrected chi connectivity index (χ2v) is 4.02. The smallest absolute Gasteiger partial charge is 0.216 e. The lowest BCUT2D eigenvalue weighted by Gasteiger charge is -2.14. The number of anilines is 2. The summed E-state index contributed by atoms with van der Waals surface area (Å²) >= 11 is 0. The van der Waals surface area contributed by atoms with Gasteiger partial charge in [-0.2, -0.15) is 0 Å². The van der Waals surface area contributed by atoms with Gasteiger partial charge < -0.3 is 15.2 Å². The van der Waals surface area contributed by atoms with Gasteiger partial charge in [-0.05, 0) is 20.8 Å². The summed E-state index contributed by atoms with van der Waals surface area (Å²) in [5.74, 6) is 8.05. The van der Waals surface area contributed by atoms with Crippen LogP contribution in [0.25, 0.3) is 0 Å². The Hall–Kier alpha value is -2.15. The van der Waals surface area contributed by atoms with Crippen molar-refractivity contribution in [3.8, 4) is 0 Å². The fraction of sp³-hybridized carbons (Fsp3) is 0.364. The number of nitrogens with one attached hydrogen (secondary N) is 2. The predicted molar refractivity (Wildman–Crippen MR) is 67.9 cm³/mol. The maximum Gasteiger partial charge on any atom is 0.216 e. The first-order valence-corrected chi connectivity index (χ1v) is 5.59. The molecule has 2 aromatic rings. The molecule has 0 spiro atoms. The molecule has 0 aromatic carbocycles. The molecular weight excluding hydrogens is 232 g/mol. The summed E-state index contributed by atoms with van der Waals surface area (Å²) in [6.45, 7) is 5.68. The predicted octanol–water partition coefficient (Wildman–Crippen LogP) is 1.54.